The third-order valence-electron chi connectivity index (χ3n) is 1.04. The minimum absolute atomic E-state index is 0.339. The maximum Gasteiger partial charge on any atom is 0.253 e. The number of rotatable bonds is 4. The Morgan fingerprint density at radius 3 is 2.60 bits per heavy atom. The van der Waals surface area contributed by atoms with Crippen LogP contribution in [0.4, 0.5) is 0 Å². The van der Waals surface area contributed by atoms with Crippen molar-refractivity contribution in [2.24, 2.45) is 0 Å². The minimum Gasteiger partial charge on any atom is -0.362 e. The summed E-state index contributed by atoms with van der Waals surface area (Å²) < 4.78 is 5.04. The molecule has 0 aliphatic carbocycles. The van der Waals surface area contributed by atoms with Crippen LogP contribution in [0.3, 0.4) is 0 Å². The first kappa shape index (κ1) is 9.66. The molecule has 0 aromatic heterocycles. The van der Waals surface area contributed by atoms with Crippen molar-refractivity contribution in [1.82, 2.24) is 0 Å². The third kappa shape index (κ3) is 2.99. The Labute approximate surface area is 65.8 Å². The van der Waals surface area contributed by atoms with Gasteiger partial charge in [0.25, 0.3) is 5.24 Å². The van der Waals surface area contributed by atoms with E-state index in [1.54, 1.807) is 19.9 Å². The summed E-state index contributed by atoms with van der Waals surface area (Å²) in [5.74, 6) is 0. The Hall–Kier alpha value is -0.340. The highest BCUT2D eigenvalue weighted by atomic mass is 35.5. The largest absolute Gasteiger partial charge is 0.362 e. The quantitative estimate of drug-likeness (QED) is 0.465. The number of ether oxygens (including phenoxy) is 1. The molecule has 0 N–H and O–H groups in total. The van der Waals surface area contributed by atoms with Gasteiger partial charge >= 0.3 is 0 Å². The molecule has 0 radical (unpaired) electrons. The van der Waals surface area contributed by atoms with Crippen molar-refractivity contribution in [3.8, 4) is 0 Å². The molecule has 0 saturated heterocycles. The fourth-order valence-electron chi connectivity index (χ4n) is 0.324. The van der Waals surface area contributed by atoms with E-state index >= 15 is 0 Å². The molecule has 0 spiro atoms. The van der Waals surface area contributed by atoms with Gasteiger partial charge in [0.2, 0.25) is 0 Å². The van der Waals surface area contributed by atoms with E-state index in [0.29, 0.717) is 6.61 Å². The smallest absolute Gasteiger partial charge is 0.253 e. The Balaban J connectivity index is 3.86. The van der Waals surface area contributed by atoms with E-state index in [2.05, 4.69) is 6.58 Å². The standard InChI is InChI=1S/C7H11ClO2/c1-4-5-10-7(2,3)6(8)9/h4H,1,5H2,2-3H3. The predicted molar refractivity (Wildman–Crippen MR) is 41.1 cm³/mol. The molecule has 0 bridgehead atoms. The summed E-state index contributed by atoms with van der Waals surface area (Å²) in [7, 11) is 0. The highest BCUT2D eigenvalue weighted by Gasteiger charge is 2.25. The molecular weight excluding hydrogens is 152 g/mol. The first-order valence-corrected chi connectivity index (χ1v) is 3.33. The van der Waals surface area contributed by atoms with Gasteiger partial charge in [-0.1, -0.05) is 6.08 Å². The van der Waals surface area contributed by atoms with Crippen LogP contribution in [0.5, 0.6) is 0 Å². The summed E-state index contributed by atoms with van der Waals surface area (Å²) >= 11 is 5.21. The second-order valence-electron chi connectivity index (χ2n) is 2.38. The Bertz CT molecular complexity index is 141. The van der Waals surface area contributed by atoms with E-state index < -0.39 is 10.8 Å². The molecule has 10 heavy (non-hydrogen) atoms. The summed E-state index contributed by atoms with van der Waals surface area (Å²) in [6, 6.07) is 0. The van der Waals surface area contributed by atoms with Gasteiger partial charge < -0.3 is 4.74 Å². The highest BCUT2D eigenvalue weighted by molar-refractivity contribution is 6.65. The summed E-state index contributed by atoms with van der Waals surface area (Å²) in [5.41, 5.74) is -0.893. The number of hydrogen-bond acceptors (Lipinski definition) is 2. The molecular formula is C7H11ClO2. The van der Waals surface area contributed by atoms with Gasteiger partial charge in [0.1, 0.15) is 5.60 Å². The fourth-order valence-corrected chi connectivity index (χ4v) is 0.379. The second kappa shape index (κ2) is 3.74. The van der Waals surface area contributed by atoms with Crippen molar-refractivity contribution in [2.75, 3.05) is 6.61 Å². The average Bonchev–Trinajstić information content (AvgIpc) is 1.84. The third-order valence-corrected chi connectivity index (χ3v) is 1.49. The van der Waals surface area contributed by atoms with Crippen LogP contribution < -0.4 is 0 Å². The highest BCUT2D eigenvalue weighted by Crippen LogP contribution is 2.12. The minimum atomic E-state index is -0.893. The van der Waals surface area contributed by atoms with Gasteiger partial charge in [-0.25, -0.2) is 0 Å². The lowest BCUT2D eigenvalue weighted by molar-refractivity contribution is -0.130. The van der Waals surface area contributed by atoms with E-state index in [4.69, 9.17) is 16.3 Å². The first-order chi connectivity index (χ1) is 4.50. The van der Waals surface area contributed by atoms with Gasteiger partial charge in [-0.2, -0.15) is 0 Å². The molecule has 0 rings (SSSR count). The van der Waals surface area contributed by atoms with Gasteiger partial charge in [-0.05, 0) is 25.4 Å². The maximum atomic E-state index is 10.6. The summed E-state index contributed by atoms with van der Waals surface area (Å²) in [6.45, 7) is 7.02. The van der Waals surface area contributed by atoms with E-state index in [9.17, 15) is 4.79 Å². The van der Waals surface area contributed by atoms with Crippen LogP contribution in [0.2, 0.25) is 0 Å². The van der Waals surface area contributed by atoms with Crippen LogP contribution in [0.15, 0.2) is 12.7 Å². The van der Waals surface area contributed by atoms with Crippen LogP contribution in [0.25, 0.3) is 0 Å². The lowest BCUT2D eigenvalue weighted by Crippen LogP contribution is -2.31. The van der Waals surface area contributed by atoms with Crippen LogP contribution in [0.1, 0.15) is 13.8 Å². The summed E-state index contributed by atoms with van der Waals surface area (Å²) in [4.78, 5) is 10.6. The Morgan fingerprint density at radius 1 is 1.80 bits per heavy atom. The van der Waals surface area contributed by atoms with Crippen molar-refractivity contribution < 1.29 is 9.53 Å². The molecule has 2 nitrogen and oxygen atoms in total. The molecule has 0 unspecified atom stereocenters. The average molecular weight is 163 g/mol. The molecule has 0 saturated carbocycles. The zero-order chi connectivity index (χ0) is 8.20. The SMILES string of the molecule is C=CCOC(C)(C)C(=O)Cl. The zero-order valence-electron chi connectivity index (χ0n) is 6.19. The molecule has 58 valence electrons. The molecule has 3 heteroatoms. The van der Waals surface area contributed by atoms with Gasteiger partial charge in [-0.15, -0.1) is 6.58 Å². The Kier molecular flexibility index (Phi) is 3.61. The van der Waals surface area contributed by atoms with Crippen LogP contribution in [-0.2, 0) is 9.53 Å². The van der Waals surface area contributed by atoms with E-state index in [0.717, 1.165) is 0 Å². The van der Waals surface area contributed by atoms with Gasteiger partial charge in [0.15, 0.2) is 0 Å². The Morgan fingerprint density at radius 2 is 2.30 bits per heavy atom. The second-order valence-corrected chi connectivity index (χ2v) is 2.73. The molecule has 0 amide bonds. The molecule has 0 aliphatic rings. The first-order valence-electron chi connectivity index (χ1n) is 2.95. The monoisotopic (exact) mass is 162 g/mol. The van der Waals surface area contributed by atoms with Crippen molar-refractivity contribution >= 4 is 16.8 Å². The van der Waals surface area contributed by atoms with Crippen LogP contribution in [0, 0.1) is 0 Å². The number of carbonyl (C=O) groups is 1. The lowest BCUT2D eigenvalue weighted by atomic mass is 10.2. The van der Waals surface area contributed by atoms with E-state index in [1.165, 1.54) is 0 Å². The van der Waals surface area contributed by atoms with Crippen molar-refractivity contribution in [1.29, 1.82) is 0 Å². The predicted octanol–water partition coefficient (Wildman–Crippen LogP) is 1.73. The molecule has 0 heterocycles. The van der Waals surface area contributed by atoms with Gasteiger partial charge in [0, 0.05) is 0 Å². The van der Waals surface area contributed by atoms with Crippen molar-refractivity contribution in [3.63, 3.8) is 0 Å². The summed E-state index contributed by atoms with van der Waals surface area (Å²) in [5, 5.41) is -0.491. The van der Waals surface area contributed by atoms with Gasteiger partial charge in [-0.3, -0.25) is 4.79 Å². The van der Waals surface area contributed by atoms with E-state index in [-0.39, 0.29) is 0 Å². The number of halogens is 1. The van der Waals surface area contributed by atoms with Crippen LogP contribution in [-0.4, -0.2) is 17.5 Å². The topological polar surface area (TPSA) is 26.3 Å². The molecule has 0 aromatic rings. The van der Waals surface area contributed by atoms with Gasteiger partial charge in [0.05, 0.1) is 6.61 Å². The lowest BCUT2D eigenvalue weighted by Gasteiger charge is -2.18. The zero-order valence-corrected chi connectivity index (χ0v) is 6.94. The normalized spacial score (nSPS) is 11.1. The maximum absolute atomic E-state index is 10.6. The molecule has 0 atom stereocenters. The number of hydrogen-bond donors (Lipinski definition) is 0. The summed E-state index contributed by atoms with van der Waals surface area (Å²) in [6.07, 6.45) is 1.57. The fraction of sp³-hybridized carbons (Fsp3) is 0.571. The molecule has 0 fully saturated rings. The van der Waals surface area contributed by atoms with Crippen molar-refractivity contribution in [2.45, 2.75) is 19.4 Å². The van der Waals surface area contributed by atoms with Crippen molar-refractivity contribution in [3.05, 3.63) is 12.7 Å². The molecule has 0 aromatic carbocycles. The number of carbonyl (C=O) groups excluding carboxylic acids is 1. The molecule has 0 aliphatic heterocycles. The van der Waals surface area contributed by atoms with Crippen LogP contribution >= 0.6 is 11.6 Å². The van der Waals surface area contributed by atoms with E-state index in [1.807, 2.05) is 0 Å².